The molecule has 23 heavy (non-hydrogen) atoms. The van der Waals surface area contributed by atoms with Crippen LogP contribution in [0.5, 0.6) is 0 Å². The zero-order valence-electron chi connectivity index (χ0n) is 13.7. The number of carbonyl (C=O) groups excluding carboxylic acids is 2. The van der Waals surface area contributed by atoms with Gasteiger partial charge in [-0.2, -0.15) is 0 Å². The molecular weight excluding hydrogens is 297 g/mol. The van der Waals surface area contributed by atoms with E-state index in [0.717, 1.165) is 32.4 Å². The van der Waals surface area contributed by atoms with Gasteiger partial charge in [-0.05, 0) is 50.6 Å². The Morgan fingerprint density at radius 3 is 2.65 bits per heavy atom. The average molecular weight is 321 g/mol. The summed E-state index contributed by atoms with van der Waals surface area (Å²) in [7, 11) is 0. The van der Waals surface area contributed by atoms with Gasteiger partial charge in [0.25, 0.3) is 5.91 Å². The minimum Gasteiger partial charge on any atom is -0.336 e. The number of halogens is 1. The summed E-state index contributed by atoms with van der Waals surface area (Å²) in [5.74, 6) is -1.01. The van der Waals surface area contributed by atoms with E-state index in [1.165, 1.54) is 25.1 Å². The summed E-state index contributed by atoms with van der Waals surface area (Å²) in [5.41, 5.74) is 0.451. The van der Waals surface area contributed by atoms with Gasteiger partial charge in [0.2, 0.25) is 5.91 Å². The molecular formula is C17H24FN3O2. The maximum Gasteiger partial charge on any atom is 0.254 e. The Morgan fingerprint density at radius 1 is 1.35 bits per heavy atom. The summed E-state index contributed by atoms with van der Waals surface area (Å²) >= 11 is 0. The van der Waals surface area contributed by atoms with E-state index in [0.29, 0.717) is 12.1 Å². The first-order chi connectivity index (χ1) is 11.0. The van der Waals surface area contributed by atoms with Crippen LogP contribution in [0.4, 0.5) is 10.1 Å². The standard InChI is InChI=1S/C17H24FN3O2/c1-3-10-21(14-6-8-19-9-7-14)17(23)13-4-5-15(18)16(11-13)20-12(2)22/h4-5,11,14,19H,3,6-10H2,1-2H3,(H,20,22). The van der Waals surface area contributed by atoms with Crippen LogP contribution in [-0.4, -0.2) is 42.4 Å². The smallest absolute Gasteiger partial charge is 0.254 e. The third-order valence-electron chi connectivity index (χ3n) is 4.00. The first kappa shape index (κ1) is 17.4. The Morgan fingerprint density at radius 2 is 2.04 bits per heavy atom. The summed E-state index contributed by atoms with van der Waals surface area (Å²) < 4.78 is 13.7. The van der Waals surface area contributed by atoms with E-state index in [1.54, 1.807) is 0 Å². The van der Waals surface area contributed by atoms with Crippen molar-refractivity contribution in [3.8, 4) is 0 Å². The lowest BCUT2D eigenvalue weighted by Gasteiger charge is -2.34. The first-order valence-electron chi connectivity index (χ1n) is 8.11. The second-order valence-corrected chi connectivity index (χ2v) is 5.86. The number of hydrogen-bond acceptors (Lipinski definition) is 3. The second-order valence-electron chi connectivity index (χ2n) is 5.86. The summed E-state index contributed by atoms with van der Waals surface area (Å²) in [6, 6.07) is 4.33. The molecule has 2 amide bonds. The average Bonchev–Trinajstić information content (AvgIpc) is 2.54. The van der Waals surface area contributed by atoms with Crippen molar-refractivity contribution >= 4 is 17.5 Å². The van der Waals surface area contributed by atoms with Crippen molar-refractivity contribution in [1.82, 2.24) is 10.2 Å². The predicted molar refractivity (Wildman–Crippen MR) is 87.9 cm³/mol. The lowest BCUT2D eigenvalue weighted by atomic mass is 10.0. The van der Waals surface area contributed by atoms with Crippen LogP contribution >= 0.6 is 0 Å². The van der Waals surface area contributed by atoms with Gasteiger partial charge in [-0.25, -0.2) is 4.39 Å². The van der Waals surface area contributed by atoms with Gasteiger partial charge in [0, 0.05) is 25.1 Å². The molecule has 0 saturated carbocycles. The Hall–Kier alpha value is -1.95. The number of rotatable bonds is 5. The number of nitrogens with one attached hydrogen (secondary N) is 2. The van der Waals surface area contributed by atoms with Gasteiger partial charge in [-0.3, -0.25) is 9.59 Å². The highest BCUT2D eigenvalue weighted by Gasteiger charge is 2.26. The second kappa shape index (κ2) is 8.06. The van der Waals surface area contributed by atoms with Crippen LogP contribution in [0.3, 0.4) is 0 Å². The SMILES string of the molecule is CCCN(C(=O)c1ccc(F)c(NC(C)=O)c1)C1CCNCC1. The van der Waals surface area contributed by atoms with Crippen molar-refractivity contribution in [2.24, 2.45) is 0 Å². The number of nitrogens with zero attached hydrogens (tertiary/aromatic N) is 1. The van der Waals surface area contributed by atoms with Crippen molar-refractivity contribution in [3.63, 3.8) is 0 Å². The normalized spacial score (nSPS) is 15.3. The third kappa shape index (κ3) is 4.51. The molecule has 1 aromatic carbocycles. The van der Waals surface area contributed by atoms with Gasteiger partial charge in [0.15, 0.2) is 0 Å². The highest BCUT2D eigenvalue weighted by molar-refractivity contribution is 5.97. The molecule has 0 spiro atoms. The van der Waals surface area contributed by atoms with Crippen LogP contribution in [0.2, 0.25) is 0 Å². The molecule has 1 saturated heterocycles. The van der Waals surface area contributed by atoms with Gasteiger partial charge >= 0.3 is 0 Å². The van der Waals surface area contributed by atoms with Crippen LogP contribution in [0, 0.1) is 5.82 Å². The number of amides is 2. The quantitative estimate of drug-likeness (QED) is 0.875. The fraction of sp³-hybridized carbons (Fsp3) is 0.529. The molecule has 5 nitrogen and oxygen atoms in total. The van der Waals surface area contributed by atoms with Crippen LogP contribution in [-0.2, 0) is 4.79 Å². The van der Waals surface area contributed by atoms with Crippen molar-refractivity contribution in [2.75, 3.05) is 25.0 Å². The molecule has 1 aromatic rings. The molecule has 126 valence electrons. The van der Waals surface area contributed by atoms with E-state index in [4.69, 9.17) is 0 Å². The molecule has 6 heteroatoms. The summed E-state index contributed by atoms with van der Waals surface area (Å²) in [6.07, 6.45) is 2.71. The highest BCUT2D eigenvalue weighted by Crippen LogP contribution is 2.21. The van der Waals surface area contributed by atoms with Crippen molar-refractivity contribution < 1.29 is 14.0 Å². The predicted octanol–water partition coefficient (Wildman–Crippen LogP) is 2.39. The topological polar surface area (TPSA) is 61.4 Å². The molecule has 2 rings (SSSR count). The van der Waals surface area contributed by atoms with Crippen molar-refractivity contribution in [1.29, 1.82) is 0 Å². The molecule has 0 radical (unpaired) electrons. The minimum atomic E-state index is -0.541. The molecule has 0 atom stereocenters. The lowest BCUT2D eigenvalue weighted by molar-refractivity contribution is -0.114. The van der Waals surface area contributed by atoms with E-state index in [-0.39, 0.29) is 23.5 Å². The number of benzene rings is 1. The van der Waals surface area contributed by atoms with Crippen LogP contribution in [0.15, 0.2) is 18.2 Å². The van der Waals surface area contributed by atoms with E-state index in [9.17, 15) is 14.0 Å². The first-order valence-corrected chi connectivity index (χ1v) is 8.11. The van der Waals surface area contributed by atoms with E-state index in [2.05, 4.69) is 10.6 Å². The van der Waals surface area contributed by atoms with Gasteiger partial charge in [0.1, 0.15) is 5.82 Å². The molecule has 0 unspecified atom stereocenters. The number of anilines is 1. The molecule has 0 bridgehead atoms. The molecule has 1 aliphatic heterocycles. The Bertz CT molecular complexity index is 571. The van der Waals surface area contributed by atoms with E-state index in [1.807, 2.05) is 11.8 Å². The summed E-state index contributed by atoms with van der Waals surface area (Å²) in [5, 5.41) is 5.72. The Labute approximate surface area is 136 Å². The van der Waals surface area contributed by atoms with E-state index < -0.39 is 5.82 Å². The zero-order chi connectivity index (χ0) is 16.8. The number of piperidine rings is 1. The molecule has 0 aromatic heterocycles. The molecule has 0 aliphatic carbocycles. The van der Waals surface area contributed by atoms with Crippen LogP contribution < -0.4 is 10.6 Å². The maximum atomic E-state index is 13.7. The number of hydrogen-bond donors (Lipinski definition) is 2. The molecule has 2 N–H and O–H groups in total. The van der Waals surface area contributed by atoms with Gasteiger partial charge < -0.3 is 15.5 Å². The zero-order valence-corrected chi connectivity index (χ0v) is 13.7. The van der Waals surface area contributed by atoms with Gasteiger partial charge in [0.05, 0.1) is 5.69 Å². The molecule has 1 fully saturated rings. The Kier molecular flexibility index (Phi) is 6.10. The van der Waals surface area contributed by atoms with Crippen LogP contribution in [0.25, 0.3) is 0 Å². The van der Waals surface area contributed by atoms with Gasteiger partial charge in [-0.15, -0.1) is 0 Å². The maximum absolute atomic E-state index is 13.7. The van der Waals surface area contributed by atoms with E-state index >= 15 is 0 Å². The fourth-order valence-corrected chi connectivity index (χ4v) is 2.92. The van der Waals surface area contributed by atoms with Crippen LogP contribution in [0.1, 0.15) is 43.5 Å². The Balaban J connectivity index is 2.23. The van der Waals surface area contributed by atoms with Gasteiger partial charge in [-0.1, -0.05) is 6.92 Å². The molecule has 1 aliphatic rings. The fourth-order valence-electron chi connectivity index (χ4n) is 2.92. The van der Waals surface area contributed by atoms with Crippen molar-refractivity contribution in [3.05, 3.63) is 29.6 Å². The summed E-state index contributed by atoms with van der Waals surface area (Å²) in [4.78, 5) is 25.9. The van der Waals surface area contributed by atoms with Crippen molar-refractivity contribution in [2.45, 2.75) is 39.2 Å². The lowest BCUT2D eigenvalue weighted by Crippen LogP contribution is -2.46. The minimum absolute atomic E-state index is 0.0464. The monoisotopic (exact) mass is 321 g/mol. The largest absolute Gasteiger partial charge is 0.336 e. The third-order valence-corrected chi connectivity index (χ3v) is 4.00. The highest BCUT2D eigenvalue weighted by atomic mass is 19.1. The number of carbonyl (C=O) groups is 2. The summed E-state index contributed by atoms with van der Waals surface area (Å²) in [6.45, 7) is 5.83. The molecule has 1 heterocycles.